The van der Waals surface area contributed by atoms with Gasteiger partial charge < -0.3 is 19.9 Å². The van der Waals surface area contributed by atoms with Gasteiger partial charge in [-0.1, -0.05) is 18.2 Å². The number of anilines is 3. The van der Waals surface area contributed by atoms with Gasteiger partial charge in [-0.25, -0.2) is 0 Å². The standard InChI is InChI=1S/C21H23N3O4/c1-23(16-7-4-3-5-8-16)20(26)10-6-9-19(25)22-15-11-12-18-17(13-15)24(2)21(27)14-28-18/h3-5,7-8,11-13H,6,9-10,14H2,1-2H3,(H,22,25). The number of likely N-dealkylation sites (N-methyl/N-ethyl adjacent to an activating group) is 1. The van der Waals surface area contributed by atoms with Crippen molar-refractivity contribution in [1.82, 2.24) is 0 Å². The molecule has 0 unspecified atom stereocenters. The van der Waals surface area contributed by atoms with Crippen molar-refractivity contribution >= 4 is 34.8 Å². The Morgan fingerprint density at radius 3 is 2.64 bits per heavy atom. The van der Waals surface area contributed by atoms with Crippen LogP contribution < -0.4 is 19.9 Å². The predicted molar refractivity (Wildman–Crippen MR) is 108 cm³/mol. The molecule has 2 aromatic carbocycles. The molecule has 3 rings (SSSR count). The average Bonchev–Trinajstić information content (AvgIpc) is 2.71. The van der Waals surface area contributed by atoms with Crippen molar-refractivity contribution in [2.75, 3.05) is 35.8 Å². The number of amides is 3. The van der Waals surface area contributed by atoms with E-state index < -0.39 is 0 Å². The van der Waals surface area contributed by atoms with Gasteiger partial charge in [0.05, 0.1) is 5.69 Å². The van der Waals surface area contributed by atoms with Crippen LogP contribution in [0.4, 0.5) is 17.1 Å². The molecule has 0 fully saturated rings. The Hall–Kier alpha value is -3.35. The zero-order valence-corrected chi connectivity index (χ0v) is 16.0. The first kappa shape index (κ1) is 19.4. The molecule has 7 heteroatoms. The number of hydrogen-bond donors (Lipinski definition) is 1. The Morgan fingerprint density at radius 1 is 1.14 bits per heavy atom. The summed E-state index contributed by atoms with van der Waals surface area (Å²) in [4.78, 5) is 39.3. The number of para-hydroxylation sites is 1. The Kier molecular flexibility index (Phi) is 5.93. The number of nitrogens with zero attached hydrogens (tertiary/aromatic N) is 2. The van der Waals surface area contributed by atoms with Crippen LogP contribution in [0.2, 0.25) is 0 Å². The van der Waals surface area contributed by atoms with Gasteiger partial charge in [0.2, 0.25) is 11.8 Å². The van der Waals surface area contributed by atoms with Crippen LogP contribution in [0, 0.1) is 0 Å². The van der Waals surface area contributed by atoms with Crippen LogP contribution in [0.1, 0.15) is 19.3 Å². The lowest BCUT2D eigenvalue weighted by Crippen LogP contribution is -2.35. The van der Waals surface area contributed by atoms with Crippen LogP contribution in [-0.2, 0) is 14.4 Å². The van der Waals surface area contributed by atoms with Gasteiger partial charge in [0.25, 0.3) is 5.91 Å². The summed E-state index contributed by atoms with van der Waals surface area (Å²) in [6.07, 6.45) is 0.971. The minimum atomic E-state index is -0.180. The number of nitrogens with one attached hydrogen (secondary N) is 1. The second kappa shape index (κ2) is 8.56. The van der Waals surface area contributed by atoms with E-state index in [1.54, 1.807) is 37.2 Å². The Morgan fingerprint density at radius 2 is 1.89 bits per heavy atom. The first-order valence-electron chi connectivity index (χ1n) is 9.10. The number of ether oxygens (including phenoxy) is 1. The molecular weight excluding hydrogens is 358 g/mol. The summed E-state index contributed by atoms with van der Waals surface area (Å²) >= 11 is 0. The highest BCUT2D eigenvalue weighted by molar-refractivity contribution is 5.99. The fourth-order valence-corrected chi connectivity index (χ4v) is 2.94. The Balaban J connectivity index is 1.50. The minimum Gasteiger partial charge on any atom is -0.482 e. The third-order valence-electron chi connectivity index (χ3n) is 4.64. The van der Waals surface area contributed by atoms with Crippen molar-refractivity contribution in [2.24, 2.45) is 0 Å². The molecule has 0 saturated heterocycles. The number of carbonyl (C=O) groups excluding carboxylic acids is 3. The molecule has 0 saturated carbocycles. The van der Waals surface area contributed by atoms with Crippen molar-refractivity contribution in [3.05, 3.63) is 48.5 Å². The topological polar surface area (TPSA) is 79.0 Å². The van der Waals surface area contributed by atoms with Crippen molar-refractivity contribution in [2.45, 2.75) is 19.3 Å². The van der Waals surface area contributed by atoms with Gasteiger partial charge in [0.15, 0.2) is 6.61 Å². The summed E-state index contributed by atoms with van der Waals surface area (Å²) in [7, 11) is 3.40. The van der Waals surface area contributed by atoms with Gasteiger partial charge in [-0.2, -0.15) is 0 Å². The van der Waals surface area contributed by atoms with Crippen LogP contribution >= 0.6 is 0 Å². The third kappa shape index (κ3) is 4.49. The Labute approximate surface area is 163 Å². The monoisotopic (exact) mass is 381 g/mol. The molecule has 1 N–H and O–H groups in total. The van der Waals surface area contributed by atoms with Crippen LogP contribution in [0.5, 0.6) is 5.75 Å². The zero-order chi connectivity index (χ0) is 20.1. The first-order valence-corrected chi connectivity index (χ1v) is 9.10. The highest BCUT2D eigenvalue weighted by Crippen LogP contribution is 2.33. The van der Waals surface area contributed by atoms with E-state index in [4.69, 9.17) is 4.74 Å². The summed E-state index contributed by atoms with van der Waals surface area (Å²) in [6, 6.07) is 14.5. The molecule has 7 nitrogen and oxygen atoms in total. The highest BCUT2D eigenvalue weighted by atomic mass is 16.5. The highest BCUT2D eigenvalue weighted by Gasteiger charge is 2.22. The average molecular weight is 381 g/mol. The SMILES string of the molecule is CN(C(=O)CCCC(=O)Nc1ccc2c(c1)N(C)C(=O)CO2)c1ccccc1. The molecule has 0 aliphatic carbocycles. The van der Waals surface area contributed by atoms with E-state index in [-0.39, 0.29) is 37.2 Å². The smallest absolute Gasteiger partial charge is 0.264 e. The molecule has 3 amide bonds. The van der Waals surface area contributed by atoms with Crippen LogP contribution in [0.3, 0.4) is 0 Å². The van der Waals surface area contributed by atoms with E-state index in [9.17, 15) is 14.4 Å². The van der Waals surface area contributed by atoms with E-state index in [0.29, 0.717) is 23.5 Å². The van der Waals surface area contributed by atoms with Crippen molar-refractivity contribution in [3.63, 3.8) is 0 Å². The number of rotatable bonds is 6. The first-order chi connectivity index (χ1) is 13.5. The van der Waals surface area contributed by atoms with Crippen LogP contribution in [0.15, 0.2) is 48.5 Å². The van der Waals surface area contributed by atoms with E-state index >= 15 is 0 Å². The summed E-state index contributed by atoms with van der Waals surface area (Å²) in [6.45, 7) is 0.0145. The van der Waals surface area contributed by atoms with E-state index in [2.05, 4.69) is 5.32 Å². The molecular formula is C21H23N3O4. The number of hydrogen-bond acceptors (Lipinski definition) is 4. The molecule has 0 bridgehead atoms. The van der Waals surface area contributed by atoms with E-state index in [1.807, 2.05) is 30.3 Å². The predicted octanol–water partition coefficient (Wildman–Crippen LogP) is 2.81. The molecule has 1 aliphatic heterocycles. The maximum Gasteiger partial charge on any atom is 0.264 e. The van der Waals surface area contributed by atoms with Crippen molar-refractivity contribution in [1.29, 1.82) is 0 Å². The maximum absolute atomic E-state index is 12.3. The van der Waals surface area contributed by atoms with Gasteiger partial charge >= 0.3 is 0 Å². The molecule has 28 heavy (non-hydrogen) atoms. The van der Waals surface area contributed by atoms with Crippen molar-refractivity contribution in [3.8, 4) is 5.75 Å². The molecule has 0 aromatic heterocycles. The quantitative estimate of drug-likeness (QED) is 0.835. The van der Waals surface area contributed by atoms with Crippen LogP contribution in [0.25, 0.3) is 0 Å². The Bertz CT molecular complexity index is 882. The summed E-state index contributed by atoms with van der Waals surface area (Å²) < 4.78 is 5.37. The van der Waals surface area contributed by atoms with Gasteiger partial charge in [0.1, 0.15) is 5.75 Å². The van der Waals surface area contributed by atoms with Crippen LogP contribution in [-0.4, -0.2) is 38.4 Å². The normalized spacial score (nSPS) is 12.8. The lowest BCUT2D eigenvalue weighted by Gasteiger charge is -2.26. The van der Waals surface area contributed by atoms with E-state index in [0.717, 1.165) is 5.69 Å². The lowest BCUT2D eigenvalue weighted by atomic mass is 10.2. The molecule has 1 aliphatic rings. The number of carbonyl (C=O) groups is 3. The van der Waals surface area contributed by atoms with Crippen molar-refractivity contribution < 1.29 is 19.1 Å². The second-order valence-electron chi connectivity index (χ2n) is 6.61. The van der Waals surface area contributed by atoms with Gasteiger partial charge in [-0.05, 0) is 36.8 Å². The fraction of sp³-hybridized carbons (Fsp3) is 0.286. The lowest BCUT2D eigenvalue weighted by molar-refractivity contribution is -0.121. The largest absolute Gasteiger partial charge is 0.482 e. The molecule has 0 atom stereocenters. The van der Waals surface area contributed by atoms with E-state index in [1.165, 1.54) is 4.90 Å². The summed E-state index contributed by atoms with van der Waals surface area (Å²) in [5.74, 6) is 0.248. The minimum absolute atomic E-state index is 0.0145. The third-order valence-corrected chi connectivity index (χ3v) is 4.64. The molecule has 1 heterocycles. The molecule has 0 radical (unpaired) electrons. The second-order valence-corrected chi connectivity index (χ2v) is 6.61. The summed E-state index contributed by atoms with van der Waals surface area (Å²) in [5.41, 5.74) is 2.03. The van der Waals surface area contributed by atoms with Gasteiger partial charge in [-0.3, -0.25) is 14.4 Å². The number of fused-ring (bicyclic) bond motifs is 1. The summed E-state index contributed by atoms with van der Waals surface area (Å²) in [5, 5.41) is 2.80. The molecule has 146 valence electrons. The zero-order valence-electron chi connectivity index (χ0n) is 16.0. The molecule has 2 aromatic rings. The van der Waals surface area contributed by atoms with Gasteiger partial charge in [-0.15, -0.1) is 0 Å². The maximum atomic E-state index is 12.3. The fourth-order valence-electron chi connectivity index (χ4n) is 2.94. The number of benzene rings is 2. The molecule has 0 spiro atoms. The van der Waals surface area contributed by atoms with Gasteiger partial charge in [0, 0.05) is 38.3 Å².